The summed E-state index contributed by atoms with van der Waals surface area (Å²) >= 11 is 0. The molecule has 0 aromatic rings. The average molecular weight is 295 g/mol. The van der Waals surface area contributed by atoms with E-state index in [9.17, 15) is 0 Å². The van der Waals surface area contributed by atoms with Gasteiger partial charge in [0.2, 0.25) is 0 Å². The fraction of sp³-hybridized carbons (Fsp3) is 1.00. The zero-order valence-corrected chi connectivity index (χ0v) is 15.1. The van der Waals surface area contributed by atoms with Crippen molar-refractivity contribution in [2.45, 2.75) is 85.2 Å². The van der Waals surface area contributed by atoms with Gasteiger partial charge in [-0.15, -0.1) is 0 Å². The molecule has 1 saturated heterocycles. The molecule has 0 spiro atoms. The quantitative estimate of drug-likeness (QED) is 0.831. The van der Waals surface area contributed by atoms with Crippen molar-refractivity contribution in [3.05, 3.63) is 0 Å². The third-order valence-electron chi connectivity index (χ3n) is 5.66. The van der Waals surface area contributed by atoms with Gasteiger partial charge in [-0.2, -0.15) is 0 Å². The Labute approximate surface area is 133 Å². The predicted molar refractivity (Wildman–Crippen MR) is 92.6 cm³/mol. The van der Waals surface area contributed by atoms with Crippen molar-refractivity contribution >= 4 is 0 Å². The lowest BCUT2D eigenvalue weighted by molar-refractivity contribution is 0.0345. The molecule has 124 valence electrons. The highest BCUT2D eigenvalue weighted by Gasteiger charge is 2.37. The molecule has 1 N–H and O–H groups in total. The molecule has 1 aliphatic carbocycles. The highest BCUT2D eigenvalue weighted by Crippen LogP contribution is 2.32. The van der Waals surface area contributed by atoms with Gasteiger partial charge >= 0.3 is 0 Å². The molecule has 2 heteroatoms. The highest BCUT2D eigenvalue weighted by molar-refractivity contribution is 4.95. The largest absolute Gasteiger partial charge is 0.311 e. The van der Waals surface area contributed by atoms with E-state index in [1.807, 2.05) is 0 Å². The second-order valence-electron chi connectivity index (χ2n) is 8.97. The normalized spacial score (nSPS) is 30.0. The van der Waals surface area contributed by atoms with Gasteiger partial charge in [0.05, 0.1) is 0 Å². The summed E-state index contributed by atoms with van der Waals surface area (Å²) in [5.41, 5.74) is 0.377. The number of piperazine rings is 1. The topological polar surface area (TPSA) is 15.3 Å². The van der Waals surface area contributed by atoms with Gasteiger partial charge < -0.3 is 5.32 Å². The van der Waals surface area contributed by atoms with Crippen LogP contribution in [0, 0.1) is 17.3 Å². The fourth-order valence-electron chi connectivity index (χ4n) is 4.21. The molecule has 0 amide bonds. The van der Waals surface area contributed by atoms with Crippen LogP contribution in [0.1, 0.15) is 73.1 Å². The van der Waals surface area contributed by atoms with Crippen LogP contribution in [0.3, 0.4) is 0 Å². The maximum absolute atomic E-state index is 3.92. The third-order valence-corrected chi connectivity index (χ3v) is 5.66. The Bertz CT molecular complexity index is 299. The minimum Gasteiger partial charge on any atom is -0.311 e. The summed E-state index contributed by atoms with van der Waals surface area (Å²) in [4.78, 5) is 2.82. The zero-order chi connectivity index (χ0) is 15.5. The van der Waals surface area contributed by atoms with E-state index in [-0.39, 0.29) is 0 Å². The average Bonchev–Trinajstić information content (AvgIpc) is 2.44. The smallest absolute Gasteiger partial charge is 0.0269 e. The van der Waals surface area contributed by atoms with Gasteiger partial charge in [-0.3, -0.25) is 4.90 Å². The summed E-state index contributed by atoms with van der Waals surface area (Å²) in [5, 5.41) is 3.92. The van der Waals surface area contributed by atoms with Crippen LogP contribution < -0.4 is 5.32 Å². The molecule has 2 rings (SSSR count). The number of nitrogens with zero attached hydrogens (tertiary/aromatic N) is 1. The molecule has 2 atom stereocenters. The van der Waals surface area contributed by atoms with Crippen molar-refractivity contribution in [1.29, 1.82) is 0 Å². The second kappa shape index (κ2) is 7.46. The van der Waals surface area contributed by atoms with Gasteiger partial charge in [0, 0.05) is 25.2 Å². The Morgan fingerprint density at radius 1 is 1.10 bits per heavy atom. The van der Waals surface area contributed by atoms with Gasteiger partial charge in [-0.1, -0.05) is 53.9 Å². The van der Waals surface area contributed by atoms with E-state index in [0.717, 1.165) is 17.9 Å². The Balaban J connectivity index is 1.97. The van der Waals surface area contributed by atoms with Crippen molar-refractivity contribution in [3.8, 4) is 0 Å². The van der Waals surface area contributed by atoms with Gasteiger partial charge in [0.15, 0.2) is 0 Å². The van der Waals surface area contributed by atoms with Crippen LogP contribution in [-0.4, -0.2) is 36.6 Å². The molecular formula is C19H38N2. The summed E-state index contributed by atoms with van der Waals surface area (Å²) in [7, 11) is 0. The molecular weight excluding hydrogens is 256 g/mol. The molecule has 1 heterocycles. The first-order valence-electron chi connectivity index (χ1n) is 9.35. The van der Waals surface area contributed by atoms with Gasteiger partial charge in [0.25, 0.3) is 0 Å². The molecule has 2 fully saturated rings. The lowest BCUT2D eigenvalue weighted by Gasteiger charge is -2.49. The summed E-state index contributed by atoms with van der Waals surface area (Å²) in [6.45, 7) is 15.7. The van der Waals surface area contributed by atoms with Crippen LogP contribution in [0.5, 0.6) is 0 Å². The molecule has 0 aromatic heterocycles. The Kier molecular flexibility index (Phi) is 6.14. The number of rotatable bonds is 4. The molecule has 0 aromatic carbocycles. The molecule has 1 aliphatic heterocycles. The van der Waals surface area contributed by atoms with Crippen LogP contribution in [-0.2, 0) is 0 Å². The molecule has 21 heavy (non-hydrogen) atoms. The monoisotopic (exact) mass is 294 g/mol. The first-order chi connectivity index (χ1) is 9.88. The highest BCUT2D eigenvalue weighted by atomic mass is 15.2. The van der Waals surface area contributed by atoms with E-state index in [1.54, 1.807) is 0 Å². The molecule has 0 radical (unpaired) electrons. The van der Waals surface area contributed by atoms with E-state index in [1.165, 1.54) is 58.2 Å². The lowest BCUT2D eigenvalue weighted by Crippen LogP contribution is -2.62. The van der Waals surface area contributed by atoms with Crippen molar-refractivity contribution in [2.75, 3.05) is 19.6 Å². The summed E-state index contributed by atoms with van der Waals surface area (Å²) in [6, 6.07) is 1.44. The van der Waals surface area contributed by atoms with E-state index < -0.39 is 0 Å². The maximum Gasteiger partial charge on any atom is 0.0269 e. The summed E-state index contributed by atoms with van der Waals surface area (Å²) < 4.78 is 0. The van der Waals surface area contributed by atoms with Gasteiger partial charge in [-0.05, 0) is 43.1 Å². The van der Waals surface area contributed by atoms with E-state index in [4.69, 9.17) is 0 Å². The van der Waals surface area contributed by atoms with Crippen molar-refractivity contribution < 1.29 is 0 Å². The van der Waals surface area contributed by atoms with Crippen LogP contribution >= 0.6 is 0 Å². The minimum absolute atomic E-state index is 0.377. The number of nitrogens with one attached hydrogen (secondary N) is 1. The predicted octanol–water partition coefficient (Wildman–Crippen LogP) is 4.30. The number of hydrogen-bond acceptors (Lipinski definition) is 2. The molecule has 1 saturated carbocycles. The molecule has 2 nitrogen and oxygen atoms in total. The van der Waals surface area contributed by atoms with Crippen LogP contribution in [0.15, 0.2) is 0 Å². The second-order valence-corrected chi connectivity index (χ2v) is 8.97. The summed E-state index contributed by atoms with van der Waals surface area (Å²) in [5.74, 6) is 1.75. The first-order valence-corrected chi connectivity index (χ1v) is 9.35. The van der Waals surface area contributed by atoms with Crippen LogP contribution in [0.4, 0.5) is 0 Å². The first kappa shape index (κ1) is 17.3. The van der Waals surface area contributed by atoms with Gasteiger partial charge in [0.1, 0.15) is 0 Å². The van der Waals surface area contributed by atoms with E-state index in [0.29, 0.717) is 11.5 Å². The van der Waals surface area contributed by atoms with Crippen molar-refractivity contribution in [3.63, 3.8) is 0 Å². The van der Waals surface area contributed by atoms with E-state index in [2.05, 4.69) is 44.8 Å². The Morgan fingerprint density at radius 3 is 2.33 bits per heavy atom. The van der Waals surface area contributed by atoms with Crippen LogP contribution in [0.25, 0.3) is 0 Å². The number of hydrogen-bond donors (Lipinski definition) is 1. The van der Waals surface area contributed by atoms with Crippen LogP contribution in [0.2, 0.25) is 0 Å². The fourth-order valence-corrected chi connectivity index (χ4v) is 4.21. The zero-order valence-electron chi connectivity index (χ0n) is 15.1. The van der Waals surface area contributed by atoms with Crippen molar-refractivity contribution in [1.82, 2.24) is 10.2 Å². The Morgan fingerprint density at radius 2 is 1.76 bits per heavy atom. The molecule has 0 bridgehead atoms. The minimum atomic E-state index is 0.377. The van der Waals surface area contributed by atoms with Gasteiger partial charge in [-0.25, -0.2) is 0 Å². The third kappa shape index (κ3) is 4.96. The lowest BCUT2D eigenvalue weighted by atomic mass is 9.79. The molecule has 2 unspecified atom stereocenters. The summed E-state index contributed by atoms with van der Waals surface area (Å²) in [6.07, 6.45) is 8.62. The standard InChI is InChI=1S/C19H38N2/c1-15(2)11-12-21-14-17(16-9-7-6-8-10-16)20-13-18(21)19(3,4)5/h15-18,20H,6-14H2,1-5H3. The maximum atomic E-state index is 3.92. The van der Waals surface area contributed by atoms with Crippen molar-refractivity contribution in [2.24, 2.45) is 17.3 Å². The molecule has 2 aliphatic rings. The Hall–Kier alpha value is -0.0800. The van der Waals surface area contributed by atoms with E-state index >= 15 is 0 Å². The SMILES string of the molecule is CC(C)CCN1CC(C2CCCCC2)NCC1C(C)(C)C.